The molecule has 2 heterocycles. The first kappa shape index (κ1) is 10.8. The Hall–Kier alpha value is -1.32. The first-order valence-corrected chi connectivity index (χ1v) is 6.27. The minimum absolute atomic E-state index is 0.0768. The molecule has 3 nitrogen and oxygen atoms in total. The third-order valence-electron chi connectivity index (χ3n) is 3.83. The molecular formula is C14H18N2O. The van der Waals surface area contributed by atoms with E-state index in [-0.39, 0.29) is 6.73 Å². The number of nitrogens with zero attached hydrogens (tertiary/aromatic N) is 2. The van der Waals surface area contributed by atoms with Crippen LogP contribution in [0.5, 0.6) is 0 Å². The molecule has 0 radical (unpaired) electrons. The van der Waals surface area contributed by atoms with Gasteiger partial charge < -0.3 is 9.67 Å². The summed E-state index contributed by atoms with van der Waals surface area (Å²) < 4.78 is 2.05. The van der Waals surface area contributed by atoms with Gasteiger partial charge in [0.15, 0.2) is 0 Å². The fraction of sp³-hybridized carbons (Fsp3) is 0.429. The summed E-state index contributed by atoms with van der Waals surface area (Å²) >= 11 is 0. The van der Waals surface area contributed by atoms with E-state index < -0.39 is 0 Å². The molecule has 90 valence electrons. The number of benzene rings is 1. The van der Waals surface area contributed by atoms with E-state index in [0.717, 1.165) is 31.6 Å². The van der Waals surface area contributed by atoms with Crippen LogP contribution in [0.15, 0.2) is 24.3 Å². The van der Waals surface area contributed by atoms with Crippen LogP contribution in [0.2, 0.25) is 0 Å². The smallest absolute Gasteiger partial charge is 0.120 e. The molecule has 1 aromatic carbocycles. The number of hydrogen-bond acceptors (Lipinski definition) is 2. The van der Waals surface area contributed by atoms with Crippen molar-refractivity contribution in [1.82, 2.24) is 9.47 Å². The van der Waals surface area contributed by atoms with Gasteiger partial charge in [0.25, 0.3) is 0 Å². The molecule has 1 aromatic heterocycles. The Morgan fingerprint density at radius 1 is 1.29 bits per heavy atom. The number of fused-ring (bicyclic) bond motifs is 3. The molecular weight excluding hydrogens is 212 g/mol. The predicted molar refractivity (Wildman–Crippen MR) is 68.8 cm³/mol. The Kier molecular flexibility index (Phi) is 2.65. The minimum atomic E-state index is 0.0768. The van der Waals surface area contributed by atoms with Crippen molar-refractivity contribution < 1.29 is 5.11 Å². The van der Waals surface area contributed by atoms with Gasteiger partial charge in [-0.1, -0.05) is 25.1 Å². The first-order chi connectivity index (χ1) is 8.35. The summed E-state index contributed by atoms with van der Waals surface area (Å²) in [5, 5.41) is 10.9. The molecule has 0 aliphatic carbocycles. The lowest BCUT2D eigenvalue weighted by Crippen LogP contribution is -2.31. The Bertz CT molecular complexity index is 511. The van der Waals surface area contributed by atoms with Gasteiger partial charge in [-0.25, -0.2) is 0 Å². The minimum Gasteiger partial charge on any atom is -0.376 e. The maximum atomic E-state index is 9.58. The molecule has 1 aliphatic rings. The fourth-order valence-electron chi connectivity index (χ4n) is 2.88. The van der Waals surface area contributed by atoms with Crippen LogP contribution in [0.1, 0.15) is 18.2 Å². The van der Waals surface area contributed by atoms with Crippen molar-refractivity contribution in [2.75, 3.05) is 13.1 Å². The van der Waals surface area contributed by atoms with Crippen molar-refractivity contribution in [3.8, 4) is 0 Å². The zero-order chi connectivity index (χ0) is 11.8. The third-order valence-corrected chi connectivity index (χ3v) is 3.83. The van der Waals surface area contributed by atoms with E-state index in [1.165, 1.54) is 16.6 Å². The van der Waals surface area contributed by atoms with E-state index in [2.05, 4.69) is 30.0 Å². The van der Waals surface area contributed by atoms with Crippen LogP contribution in [0.3, 0.4) is 0 Å². The number of hydrogen-bond donors (Lipinski definition) is 1. The van der Waals surface area contributed by atoms with E-state index in [1.807, 2.05) is 10.6 Å². The van der Waals surface area contributed by atoms with Crippen molar-refractivity contribution in [3.63, 3.8) is 0 Å². The quantitative estimate of drug-likeness (QED) is 0.854. The van der Waals surface area contributed by atoms with Gasteiger partial charge in [0.1, 0.15) is 6.73 Å². The van der Waals surface area contributed by atoms with Crippen LogP contribution in [0.4, 0.5) is 0 Å². The highest BCUT2D eigenvalue weighted by molar-refractivity contribution is 5.85. The Morgan fingerprint density at radius 3 is 2.88 bits per heavy atom. The molecule has 0 fully saturated rings. The molecule has 0 atom stereocenters. The molecule has 3 rings (SSSR count). The van der Waals surface area contributed by atoms with Crippen molar-refractivity contribution in [2.45, 2.75) is 26.6 Å². The normalized spacial score (nSPS) is 16.4. The summed E-state index contributed by atoms with van der Waals surface area (Å²) in [7, 11) is 0. The fourth-order valence-corrected chi connectivity index (χ4v) is 2.88. The van der Waals surface area contributed by atoms with Gasteiger partial charge in [-0.15, -0.1) is 0 Å². The SMILES string of the molecule is CCN1CCc2c(n(CO)c3ccccc23)C1. The zero-order valence-corrected chi connectivity index (χ0v) is 10.2. The molecule has 0 saturated heterocycles. The number of para-hydroxylation sites is 1. The van der Waals surface area contributed by atoms with Crippen molar-refractivity contribution in [1.29, 1.82) is 0 Å². The maximum absolute atomic E-state index is 9.58. The van der Waals surface area contributed by atoms with Crippen LogP contribution in [-0.2, 0) is 19.7 Å². The number of aliphatic hydroxyl groups is 1. The maximum Gasteiger partial charge on any atom is 0.120 e. The van der Waals surface area contributed by atoms with Gasteiger partial charge in [-0.2, -0.15) is 0 Å². The second kappa shape index (κ2) is 4.17. The van der Waals surface area contributed by atoms with E-state index in [0.29, 0.717) is 0 Å². The highest BCUT2D eigenvalue weighted by Crippen LogP contribution is 2.30. The van der Waals surface area contributed by atoms with Crippen LogP contribution in [0, 0.1) is 0 Å². The Balaban J connectivity index is 2.21. The lowest BCUT2D eigenvalue weighted by atomic mass is 10.0. The average molecular weight is 230 g/mol. The van der Waals surface area contributed by atoms with Gasteiger partial charge in [-0.3, -0.25) is 4.90 Å². The Morgan fingerprint density at radius 2 is 2.12 bits per heavy atom. The van der Waals surface area contributed by atoms with Gasteiger partial charge in [-0.05, 0) is 24.6 Å². The molecule has 0 spiro atoms. The summed E-state index contributed by atoms with van der Waals surface area (Å²) in [6.07, 6.45) is 1.09. The number of rotatable bonds is 2. The first-order valence-electron chi connectivity index (χ1n) is 6.27. The van der Waals surface area contributed by atoms with Gasteiger partial charge >= 0.3 is 0 Å². The van der Waals surface area contributed by atoms with Crippen molar-refractivity contribution in [3.05, 3.63) is 35.5 Å². The molecule has 0 unspecified atom stereocenters. The molecule has 17 heavy (non-hydrogen) atoms. The van der Waals surface area contributed by atoms with Gasteiger partial charge in [0.2, 0.25) is 0 Å². The molecule has 2 aromatic rings. The average Bonchev–Trinajstić information content (AvgIpc) is 2.71. The summed E-state index contributed by atoms with van der Waals surface area (Å²) in [6, 6.07) is 8.39. The monoisotopic (exact) mass is 230 g/mol. The summed E-state index contributed by atoms with van der Waals surface area (Å²) in [4.78, 5) is 2.42. The van der Waals surface area contributed by atoms with Gasteiger partial charge in [0.05, 0.1) is 5.52 Å². The second-order valence-electron chi connectivity index (χ2n) is 4.63. The standard InChI is InChI=1S/C14H18N2O/c1-2-15-8-7-12-11-5-3-4-6-13(11)16(10-17)14(12)9-15/h3-6,17H,2,7-10H2,1H3. The second-order valence-corrected chi connectivity index (χ2v) is 4.63. The third kappa shape index (κ3) is 1.58. The molecule has 0 saturated carbocycles. The van der Waals surface area contributed by atoms with Crippen LogP contribution in [-0.4, -0.2) is 27.7 Å². The molecule has 1 aliphatic heterocycles. The molecule has 1 N–H and O–H groups in total. The summed E-state index contributed by atoms with van der Waals surface area (Å²) in [5.74, 6) is 0. The topological polar surface area (TPSA) is 28.4 Å². The van der Waals surface area contributed by atoms with Gasteiger partial charge in [0, 0.05) is 24.2 Å². The zero-order valence-electron chi connectivity index (χ0n) is 10.2. The highest BCUT2D eigenvalue weighted by atomic mass is 16.3. The molecule has 0 bridgehead atoms. The van der Waals surface area contributed by atoms with E-state index in [1.54, 1.807) is 0 Å². The Labute approximate surface area is 101 Å². The largest absolute Gasteiger partial charge is 0.376 e. The highest BCUT2D eigenvalue weighted by Gasteiger charge is 2.22. The number of aliphatic hydroxyl groups excluding tert-OH is 1. The van der Waals surface area contributed by atoms with Crippen LogP contribution in [0.25, 0.3) is 10.9 Å². The summed E-state index contributed by atoms with van der Waals surface area (Å²) in [5.41, 5.74) is 3.89. The number of aromatic nitrogens is 1. The van der Waals surface area contributed by atoms with Crippen LogP contribution >= 0.6 is 0 Å². The number of likely N-dealkylation sites (N-methyl/N-ethyl adjacent to an activating group) is 1. The lowest BCUT2D eigenvalue weighted by molar-refractivity contribution is 0.197. The lowest BCUT2D eigenvalue weighted by Gasteiger charge is -2.26. The molecule has 3 heteroatoms. The van der Waals surface area contributed by atoms with Crippen molar-refractivity contribution >= 4 is 10.9 Å². The van der Waals surface area contributed by atoms with E-state index in [9.17, 15) is 5.11 Å². The molecule has 0 amide bonds. The van der Waals surface area contributed by atoms with E-state index >= 15 is 0 Å². The van der Waals surface area contributed by atoms with Crippen LogP contribution < -0.4 is 0 Å². The van der Waals surface area contributed by atoms with Crippen molar-refractivity contribution in [2.24, 2.45) is 0 Å². The van der Waals surface area contributed by atoms with E-state index in [4.69, 9.17) is 0 Å². The predicted octanol–water partition coefficient (Wildman–Crippen LogP) is 1.97. The summed E-state index contributed by atoms with van der Waals surface area (Å²) in [6.45, 7) is 5.43.